The fraction of sp³-hybridized carbons (Fsp3) is 0.571. The van der Waals surface area contributed by atoms with Gasteiger partial charge in [-0.1, -0.05) is 6.92 Å². The van der Waals surface area contributed by atoms with Gasteiger partial charge in [0.05, 0.1) is 14.2 Å². The van der Waals surface area contributed by atoms with E-state index in [1.165, 1.54) is 14.2 Å². The molecule has 1 N–H and O–H groups in total. The highest BCUT2D eigenvalue weighted by Crippen LogP contribution is 2.37. The summed E-state index contributed by atoms with van der Waals surface area (Å²) in [5, 5.41) is 9.85. The third kappa shape index (κ3) is 3.29. The number of methoxy groups -OCH3 is 2. The summed E-state index contributed by atoms with van der Waals surface area (Å²) in [5.41, 5.74) is 1.07. The van der Waals surface area contributed by atoms with Crippen molar-refractivity contribution in [1.29, 1.82) is 0 Å². The van der Waals surface area contributed by atoms with Crippen LogP contribution in [0, 0.1) is 0 Å². The molecule has 4 nitrogen and oxygen atoms in total. The zero-order chi connectivity index (χ0) is 13.7. The molecule has 4 heteroatoms. The lowest BCUT2D eigenvalue weighted by Gasteiger charge is -2.25. The highest BCUT2D eigenvalue weighted by molar-refractivity contribution is 5.52. The number of aromatic hydroxyl groups is 1. The predicted octanol–water partition coefficient (Wildman–Crippen LogP) is 2.64. The van der Waals surface area contributed by atoms with Gasteiger partial charge in [0.15, 0.2) is 11.5 Å². The Balaban J connectivity index is 3.02. The maximum Gasteiger partial charge on any atom is 0.200 e. The first-order valence-electron chi connectivity index (χ1n) is 6.21. The number of rotatable bonds is 6. The van der Waals surface area contributed by atoms with Crippen LogP contribution in [0.5, 0.6) is 17.2 Å². The van der Waals surface area contributed by atoms with Crippen molar-refractivity contribution in [1.82, 2.24) is 4.90 Å². The summed E-state index contributed by atoms with van der Waals surface area (Å²) in [6, 6.07) is 4.17. The van der Waals surface area contributed by atoms with Gasteiger partial charge in [0.25, 0.3) is 0 Å². The smallest absolute Gasteiger partial charge is 0.200 e. The Morgan fingerprint density at radius 1 is 1.17 bits per heavy atom. The zero-order valence-electron chi connectivity index (χ0n) is 11.9. The highest BCUT2D eigenvalue weighted by atomic mass is 16.5. The van der Waals surface area contributed by atoms with Crippen molar-refractivity contribution in [3.05, 3.63) is 17.7 Å². The Kier molecular flexibility index (Phi) is 5.28. The second-order valence-corrected chi connectivity index (χ2v) is 4.51. The SMILES string of the molecule is CCN(Cc1cc(OC)c(O)c(OC)c1)C(C)C. The Bertz CT molecular complexity index is 366. The first-order valence-corrected chi connectivity index (χ1v) is 6.21. The van der Waals surface area contributed by atoms with Crippen LogP contribution in [-0.4, -0.2) is 36.8 Å². The molecular formula is C14H23NO3. The molecular weight excluding hydrogens is 230 g/mol. The topological polar surface area (TPSA) is 41.9 Å². The van der Waals surface area contributed by atoms with Crippen molar-refractivity contribution >= 4 is 0 Å². The number of ether oxygens (including phenoxy) is 2. The van der Waals surface area contributed by atoms with Crippen LogP contribution in [0.15, 0.2) is 12.1 Å². The van der Waals surface area contributed by atoms with Gasteiger partial charge in [-0.25, -0.2) is 0 Å². The Morgan fingerprint density at radius 2 is 1.67 bits per heavy atom. The minimum atomic E-state index is 0.0522. The predicted molar refractivity (Wildman–Crippen MR) is 72.4 cm³/mol. The van der Waals surface area contributed by atoms with E-state index >= 15 is 0 Å². The molecule has 0 aliphatic carbocycles. The zero-order valence-corrected chi connectivity index (χ0v) is 11.9. The number of hydrogen-bond acceptors (Lipinski definition) is 4. The summed E-state index contributed by atoms with van der Waals surface area (Å²) < 4.78 is 10.3. The number of phenols is 1. The molecule has 0 aliphatic heterocycles. The van der Waals surface area contributed by atoms with E-state index in [0.29, 0.717) is 17.5 Å². The van der Waals surface area contributed by atoms with E-state index in [0.717, 1.165) is 18.7 Å². The summed E-state index contributed by atoms with van der Waals surface area (Å²) in [6.45, 7) is 8.25. The highest BCUT2D eigenvalue weighted by Gasteiger charge is 2.14. The van der Waals surface area contributed by atoms with Crippen LogP contribution < -0.4 is 9.47 Å². The Hall–Kier alpha value is -1.42. The monoisotopic (exact) mass is 253 g/mol. The first kappa shape index (κ1) is 14.6. The molecule has 0 unspecified atom stereocenters. The lowest BCUT2D eigenvalue weighted by atomic mass is 10.1. The molecule has 0 atom stereocenters. The van der Waals surface area contributed by atoms with Crippen molar-refractivity contribution in [2.75, 3.05) is 20.8 Å². The third-order valence-electron chi connectivity index (χ3n) is 3.06. The summed E-state index contributed by atoms with van der Waals surface area (Å²) >= 11 is 0. The van der Waals surface area contributed by atoms with E-state index in [-0.39, 0.29) is 5.75 Å². The van der Waals surface area contributed by atoms with E-state index < -0.39 is 0 Å². The second kappa shape index (κ2) is 6.50. The fourth-order valence-electron chi connectivity index (χ4n) is 1.93. The summed E-state index contributed by atoms with van der Waals surface area (Å²) in [7, 11) is 3.08. The van der Waals surface area contributed by atoms with Crippen LogP contribution in [0.2, 0.25) is 0 Å². The van der Waals surface area contributed by atoms with E-state index in [1.54, 1.807) is 0 Å². The van der Waals surface area contributed by atoms with Gasteiger partial charge in [-0.05, 0) is 38.1 Å². The molecule has 0 aromatic heterocycles. The van der Waals surface area contributed by atoms with E-state index in [1.807, 2.05) is 12.1 Å². The third-order valence-corrected chi connectivity index (χ3v) is 3.06. The van der Waals surface area contributed by atoms with E-state index in [4.69, 9.17) is 9.47 Å². The molecule has 0 fully saturated rings. The fourth-order valence-corrected chi connectivity index (χ4v) is 1.93. The normalized spacial score (nSPS) is 11.1. The van der Waals surface area contributed by atoms with Gasteiger partial charge < -0.3 is 14.6 Å². The quantitative estimate of drug-likeness (QED) is 0.846. The molecule has 18 heavy (non-hydrogen) atoms. The molecule has 0 aliphatic rings. The first-order chi connectivity index (χ1) is 8.53. The molecule has 102 valence electrons. The average Bonchev–Trinajstić information content (AvgIpc) is 2.36. The van der Waals surface area contributed by atoms with Crippen molar-refractivity contribution in [2.45, 2.75) is 33.4 Å². The average molecular weight is 253 g/mol. The molecule has 0 saturated heterocycles. The molecule has 0 radical (unpaired) electrons. The van der Waals surface area contributed by atoms with Gasteiger partial charge in [0.1, 0.15) is 0 Å². The summed E-state index contributed by atoms with van der Waals surface area (Å²) in [6.07, 6.45) is 0. The van der Waals surface area contributed by atoms with Gasteiger partial charge in [-0.2, -0.15) is 0 Å². The van der Waals surface area contributed by atoms with Crippen LogP contribution in [0.4, 0.5) is 0 Å². The van der Waals surface area contributed by atoms with Crippen molar-refractivity contribution in [3.8, 4) is 17.2 Å². The number of benzene rings is 1. The van der Waals surface area contributed by atoms with Crippen LogP contribution in [0.3, 0.4) is 0 Å². The van der Waals surface area contributed by atoms with Crippen LogP contribution in [0.1, 0.15) is 26.3 Å². The second-order valence-electron chi connectivity index (χ2n) is 4.51. The van der Waals surface area contributed by atoms with Gasteiger partial charge in [0.2, 0.25) is 5.75 Å². The molecule has 1 rings (SSSR count). The lowest BCUT2D eigenvalue weighted by Crippen LogP contribution is -2.29. The minimum absolute atomic E-state index is 0.0522. The number of phenolic OH excluding ortho intramolecular Hbond substituents is 1. The van der Waals surface area contributed by atoms with Crippen molar-refractivity contribution in [2.24, 2.45) is 0 Å². The number of nitrogens with zero attached hydrogens (tertiary/aromatic N) is 1. The van der Waals surface area contributed by atoms with Gasteiger partial charge in [0, 0.05) is 12.6 Å². The van der Waals surface area contributed by atoms with Crippen molar-refractivity contribution in [3.63, 3.8) is 0 Å². The standard InChI is InChI=1S/C14H23NO3/c1-6-15(10(2)3)9-11-7-12(17-4)14(16)13(8-11)18-5/h7-8,10,16H,6,9H2,1-5H3. The molecule has 0 bridgehead atoms. The maximum atomic E-state index is 9.85. The molecule has 0 spiro atoms. The summed E-state index contributed by atoms with van der Waals surface area (Å²) in [5.74, 6) is 0.949. The van der Waals surface area contributed by atoms with Crippen LogP contribution in [-0.2, 0) is 6.54 Å². The van der Waals surface area contributed by atoms with E-state index in [9.17, 15) is 5.11 Å². The van der Waals surface area contributed by atoms with Gasteiger partial charge >= 0.3 is 0 Å². The van der Waals surface area contributed by atoms with Crippen LogP contribution >= 0.6 is 0 Å². The minimum Gasteiger partial charge on any atom is -0.502 e. The lowest BCUT2D eigenvalue weighted by molar-refractivity contribution is 0.224. The van der Waals surface area contributed by atoms with Crippen molar-refractivity contribution < 1.29 is 14.6 Å². The Morgan fingerprint density at radius 3 is 2.00 bits per heavy atom. The van der Waals surface area contributed by atoms with Gasteiger partial charge in [-0.3, -0.25) is 4.90 Å². The largest absolute Gasteiger partial charge is 0.502 e. The number of hydrogen-bond donors (Lipinski definition) is 1. The molecule has 0 saturated carbocycles. The van der Waals surface area contributed by atoms with Crippen LogP contribution in [0.25, 0.3) is 0 Å². The Labute approximate surface area is 109 Å². The molecule has 0 amide bonds. The maximum absolute atomic E-state index is 9.85. The molecule has 1 aromatic carbocycles. The molecule has 1 aromatic rings. The van der Waals surface area contributed by atoms with Gasteiger partial charge in [-0.15, -0.1) is 0 Å². The summed E-state index contributed by atoms with van der Waals surface area (Å²) in [4.78, 5) is 2.32. The molecule has 0 heterocycles. The van der Waals surface area contributed by atoms with E-state index in [2.05, 4.69) is 25.7 Å².